The number of hydrogen-bond donors (Lipinski definition) is 2. The van der Waals surface area contributed by atoms with Crippen LogP contribution in [0.2, 0.25) is 0 Å². The maximum Gasteiger partial charge on any atom is 0.106 e. The third kappa shape index (κ3) is 3.24. The Kier molecular flexibility index (Phi) is 4.38. The molecule has 0 bridgehead atoms. The highest BCUT2D eigenvalue weighted by molar-refractivity contribution is 5.64. The molecule has 0 amide bonds. The average Bonchev–Trinajstić information content (AvgIpc) is 2.85. The second-order valence-electron chi connectivity index (χ2n) is 5.36. The minimum Gasteiger partial charge on any atom is -0.342 e. The van der Waals surface area contributed by atoms with Crippen LogP contribution in [0.15, 0.2) is 24.4 Å². The summed E-state index contributed by atoms with van der Waals surface area (Å²) in [7, 11) is 0. The molecule has 0 aliphatic heterocycles. The Labute approximate surface area is 115 Å². The first-order valence-electron chi connectivity index (χ1n) is 6.96. The van der Waals surface area contributed by atoms with Crippen molar-refractivity contribution in [2.75, 3.05) is 6.54 Å². The lowest BCUT2D eigenvalue weighted by Gasteiger charge is -2.10. The highest BCUT2D eigenvalue weighted by Gasteiger charge is 2.08. The molecule has 0 saturated heterocycles. The SMILES string of the molecule is Cc1ccc(C(C)C)cc1-c1cnc(CCCN)[nH]1. The lowest BCUT2D eigenvalue weighted by molar-refractivity contribution is 0.794. The molecule has 0 aliphatic rings. The highest BCUT2D eigenvalue weighted by Crippen LogP contribution is 2.26. The molecule has 0 fully saturated rings. The summed E-state index contributed by atoms with van der Waals surface area (Å²) in [6.07, 6.45) is 3.82. The smallest absolute Gasteiger partial charge is 0.106 e. The molecule has 3 nitrogen and oxygen atoms in total. The number of aromatic amines is 1. The monoisotopic (exact) mass is 257 g/mol. The molecule has 2 aromatic rings. The van der Waals surface area contributed by atoms with E-state index in [0.29, 0.717) is 12.5 Å². The summed E-state index contributed by atoms with van der Waals surface area (Å²) in [5.74, 6) is 1.56. The first-order valence-corrected chi connectivity index (χ1v) is 6.96. The number of aromatic nitrogens is 2. The Hall–Kier alpha value is -1.61. The lowest BCUT2D eigenvalue weighted by atomic mass is 9.97. The summed E-state index contributed by atoms with van der Waals surface area (Å²) in [4.78, 5) is 7.84. The van der Waals surface area contributed by atoms with E-state index in [1.54, 1.807) is 0 Å². The molecule has 3 heteroatoms. The summed E-state index contributed by atoms with van der Waals surface area (Å²) >= 11 is 0. The number of nitrogens with two attached hydrogens (primary N) is 1. The van der Waals surface area contributed by atoms with Gasteiger partial charge in [0.2, 0.25) is 0 Å². The molecule has 3 N–H and O–H groups in total. The minimum atomic E-state index is 0.541. The Morgan fingerprint density at radius 2 is 2.11 bits per heavy atom. The fourth-order valence-electron chi connectivity index (χ4n) is 2.18. The van der Waals surface area contributed by atoms with Gasteiger partial charge in [-0.2, -0.15) is 0 Å². The topological polar surface area (TPSA) is 54.7 Å². The van der Waals surface area contributed by atoms with Crippen LogP contribution in [0.25, 0.3) is 11.3 Å². The quantitative estimate of drug-likeness (QED) is 0.862. The van der Waals surface area contributed by atoms with Gasteiger partial charge in [0.25, 0.3) is 0 Å². The second kappa shape index (κ2) is 6.02. The van der Waals surface area contributed by atoms with E-state index in [0.717, 1.165) is 24.4 Å². The van der Waals surface area contributed by atoms with Crippen LogP contribution >= 0.6 is 0 Å². The molecule has 0 unspecified atom stereocenters. The highest BCUT2D eigenvalue weighted by atomic mass is 14.9. The van der Waals surface area contributed by atoms with Crippen molar-refractivity contribution in [3.8, 4) is 11.3 Å². The zero-order chi connectivity index (χ0) is 13.8. The predicted molar refractivity (Wildman–Crippen MR) is 80.2 cm³/mol. The molecule has 1 aromatic heterocycles. The van der Waals surface area contributed by atoms with E-state index in [1.165, 1.54) is 16.7 Å². The van der Waals surface area contributed by atoms with Gasteiger partial charge in [0.1, 0.15) is 5.82 Å². The third-order valence-electron chi connectivity index (χ3n) is 3.46. The molecule has 19 heavy (non-hydrogen) atoms. The number of aryl methyl sites for hydroxylation is 2. The number of imidazole rings is 1. The van der Waals surface area contributed by atoms with Gasteiger partial charge in [-0.25, -0.2) is 4.98 Å². The van der Waals surface area contributed by atoms with Crippen molar-refractivity contribution >= 4 is 0 Å². The molecule has 1 aromatic carbocycles. The molecule has 2 rings (SSSR count). The maximum absolute atomic E-state index is 5.53. The Bertz CT molecular complexity index is 541. The summed E-state index contributed by atoms with van der Waals surface area (Å²) in [6.45, 7) is 7.28. The normalized spacial score (nSPS) is 11.2. The van der Waals surface area contributed by atoms with Crippen LogP contribution in [-0.4, -0.2) is 16.5 Å². The molecule has 1 heterocycles. The van der Waals surface area contributed by atoms with Crippen molar-refractivity contribution < 1.29 is 0 Å². The van der Waals surface area contributed by atoms with E-state index in [4.69, 9.17) is 5.73 Å². The zero-order valence-corrected chi connectivity index (χ0v) is 12.0. The number of hydrogen-bond acceptors (Lipinski definition) is 2. The Morgan fingerprint density at radius 1 is 1.32 bits per heavy atom. The largest absolute Gasteiger partial charge is 0.342 e. The standard InChI is InChI=1S/C16H23N3/c1-11(2)13-7-6-12(3)14(9-13)15-10-18-16(19-15)5-4-8-17/h6-7,9-11H,4-5,8,17H2,1-3H3,(H,18,19). The number of benzene rings is 1. The second-order valence-corrected chi connectivity index (χ2v) is 5.36. The third-order valence-corrected chi connectivity index (χ3v) is 3.46. The van der Waals surface area contributed by atoms with Crippen molar-refractivity contribution in [3.63, 3.8) is 0 Å². The van der Waals surface area contributed by atoms with E-state index in [1.807, 2.05) is 6.20 Å². The number of nitrogens with zero attached hydrogens (tertiary/aromatic N) is 1. The van der Waals surface area contributed by atoms with Crippen LogP contribution in [-0.2, 0) is 6.42 Å². The number of rotatable bonds is 5. The molecular weight excluding hydrogens is 234 g/mol. The fraction of sp³-hybridized carbons (Fsp3) is 0.438. The van der Waals surface area contributed by atoms with Crippen molar-refractivity contribution in [3.05, 3.63) is 41.3 Å². The summed E-state index contributed by atoms with van der Waals surface area (Å²) in [6, 6.07) is 6.65. The summed E-state index contributed by atoms with van der Waals surface area (Å²) in [5, 5.41) is 0. The van der Waals surface area contributed by atoms with E-state index < -0.39 is 0 Å². The van der Waals surface area contributed by atoms with Crippen LogP contribution in [0.4, 0.5) is 0 Å². The Balaban J connectivity index is 2.30. The van der Waals surface area contributed by atoms with Crippen LogP contribution in [0.1, 0.15) is 43.1 Å². The Morgan fingerprint density at radius 3 is 2.79 bits per heavy atom. The van der Waals surface area contributed by atoms with Gasteiger partial charge in [0.15, 0.2) is 0 Å². The van der Waals surface area contributed by atoms with Gasteiger partial charge in [0.05, 0.1) is 11.9 Å². The lowest BCUT2D eigenvalue weighted by Crippen LogP contribution is -2.01. The number of nitrogens with one attached hydrogen (secondary N) is 1. The molecule has 0 saturated carbocycles. The fourth-order valence-corrected chi connectivity index (χ4v) is 2.18. The van der Waals surface area contributed by atoms with Gasteiger partial charge in [-0.15, -0.1) is 0 Å². The van der Waals surface area contributed by atoms with Crippen molar-refractivity contribution in [2.24, 2.45) is 5.73 Å². The van der Waals surface area contributed by atoms with Gasteiger partial charge in [-0.3, -0.25) is 0 Å². The van der Waals surface area contributed by atoms with Gasteiger partial charge in [-0.05, 0) is 43.0 Å². The van der Waals surface area contributed by atoms with E-state index >= 15 is 0 Å². The number of H-pyrrole nitrogens is 1. The molecule has 0 aliphatic carbocycles. The molecule has 0 spiro atoms. The summed E-state index contributed by atoms with van der Waals surface area (Å²) < 4.78 is 0. The van der Waals surface area contributed by atoms with E-state index in [2.05, 4.69) is 48.9 Å². The molecular formula is C16H23N3. The van der Waals surface area contributed by atoms with Gasteiger partial charge >= 0.3 is 0 Å². The van der Waals surface area contributed by atoms with Crippen LogP contribution in [0, 0.1) is 6.92 Å². The van der Waals surface area contributed by atoms with E-state index in [-0.39, 0.29) is 0 Å². The zero-order valence-electron chi connectivity index (χ0n) is 12.0. The molecule has 102 valence electrons. The predicted octanol–water partition coefficient (Wildman–Crippen LogP) is 3.40. The average molecular weight is 257 g/mol. The van der Waals surface area contributed by atoms with Gasteiger partial charge in [-0.1, -0.05) is 26.0 Å². The van der Waals surface area contributed by atoms with Crippen LogP contribution in [0.3, 0.4) is 0 Å². The first kappa shape index (κ1) is 13.8. The molecule has 0 atom stereocenters. The van der Waals surface area contributed by atoms with Gasteiger partial charge in [0, 0.05) is 12.0 Å². The van der Waals surface area contributed by atoms with Crippen molar-refractivity contribution in [1.82, 2.24) is 9.97 Å². The maximum atomic E-state index is 5.53. The van der Waals surface area contributed by atoms with Crippen LogP contribution < -0.4 is 5.73 Å². The van der Waals surface area contributed by atoms with E-state index in [9.17, 15) is 0 Å². The van der Waals surface area contributed by atoms with Crippen molar-refractivity contribution in [1.29, 1.82) is 0 Å². The summed E-state index contributed by atoms with van der Waals surface area (Å²) in [5.41, 5.74) is 10.5. The van der Waals surface area contributed by atoms with Gasteiger partial charge < -0.3 is 10.7 Å². The minimum absolute atomic E-state index is 0.541. The van der Waals surface area contributed by atoms with Crippen molar-refractivity contribution in [2.45, 2.75) is 39.5 Å². The first-order chi connectivity index (χ1) is 9.11. The molecule has 0 radical (unpaired) electrons. The van der Waals surface area contributed by atoms with Crippen LogP contribution in [0.5, 0.6) is 0 Å².